The zero-order chi connectivity index (χ0) is 43.4. The summed E-state index contributed by atoms with van der Waals surface area (Å²) < 4.78 is 87.8. The second-order valence-corrected chi connectivity index (χ2v) is 20.4. The molecule has 8 rings (SSSR count). The Hall–Kier alpha value is -4.20. The average Bonchev–Trinajstić information content (AvgIpc) is 3.91. The number of alkyl halides is 6. The van der Waals surface area contributed by atoms with E-state index in [2.05, 4.69) is 29.7 Å². The number of carbonyl (C=O) groups excluding carboxylic acids is 2. The fraction of sp³-hybridized carbons (Fsp3) is 0.650. The first kappa shape index (κ1) is 43.9. The summed E-state index contributed by atoms with van der Waals surface area (Å²) in [6, 6.07) is 3.13. The molecule has 328 valence electrons. The third-order valence-electron chi connectivity index (χ3n) is 11.0. The van der Waals surface area contributed by atoms with E-state index in [1.807, 2.05) is 41.5 Å². The maximum Gasteiger partial charge on any atom is 0.410 e. The van der Waals surface area contributed by atoms with Gasteiger partial charge in [0.05, 0.1) is 23.6 Å². The van der Waals surface area contributed by atoms with Crippen LogP contribution in [0.25, 0.3) is 20.4 Å². The molecule has 0 radical (unpaired) electrons. The van der Waals surface area contributed by atoms with Crippen LogP contribution in [0.3, 0.4) is 0 Å². The first-order valence-corrected chi connectivity index (χ1v) is 21.7. The number of likely N-dealkylation sites (tertiary alicyclic amines) is 2. The minimum atomic E-state index is -4.25. The van der Waals surface area contributed by atoms with Gasteiger partial charge in [-0.1, -0.05) is 0 Å². The Morgan fingerprint density at radius 2 is 0.967 bits per heavy atom. The number of piperidine rings is 2. The van der Waals surface area contributed by atoms with Crippen LogP contribution in [-0.2, 0) is 22.3 Å². The van der Waals surface area contributed by atoms with Crippen LogP contribution in [0.15, 0.2) is 24.8 Å². The summed E-state index contributed by atoms with van der Waals surface area (Å²) in [5.41, 5.74) is -1.06. The second-order valence-electron chi connectivity index (χ2n) is 18.1. The standard InChI is InChI=1S/2C20H25F3N4O2S/c2*1-19(2,3)29-18(28)26-5-4-12-8-27(10-13(12)9-26)16-15-6-14(7-20(21,22)23)30-17(15)25-11-24-16/h2*6,11-13H,4-5,7-10H2,1-3H3/t2*12-,13+/m10/s1. The van der Waals surface area contributed by atoms with Crippen LogP contribution >= 0.6 is 22.7 Å². The Kier molecular flexibility index (Phi) is 12.1. The molecule has 4 fully saturated rings. The van der Waals surface area contributed by atoms with E-state index in [0.29, 0.717) is 83.2 Å². The first-order valence-electron chi connectivity index (χ1n) is 20.0. The van der Waals surface area contributed by atoms with Gasteiger partial charge in [-0.3, -0.25) is 0 Å². The highest BCUT2D eigenvalue weighted by atomic mass is 32.1. The molecule has 8 heterocycles. The molecule has 12 nitrogen and oxygen atoms in total. The van der Waals surface area contributed by atoms with Crippen LogP contribution in [0.5, 0.6) is 0 Å². The molecule has 4 aliphatic heterocycles. The van der Waals surface area contributed by atoms with Crippen molar-refractivity contribution in [1.82, 2.24) is 29.7 Å². The second kappa shape index (κ2) is 16.6. The maximum atomic E-state index is 12.8. The summed E-state index contributed by atoms with van der Waals surface area (Å²) in [7, 11) is 0. The van der Waals surface area contributed by atoms with Crippen molar-refractivity contribution < 1.29 is 45.4 Å². The van der Waals surface area contributed by atoms with E-state index in [-0.39, 0.29) is 33.8 Å². The summed E-state index contributed by atoms with van der Waals surface area (Å²) in [5.74, 6) is 2.77. The predicted octanol–water partition coefficient (Wildman–Crippen LogP) is 8.98. The SMILES string of the molecule is CC(C)(C)OC(=O)N1CC[C@@H]2CN(c3ncnc4sc(CC(F)(F)F)cc34)C[C@@H]2C1.CC(C)(C)OC(=O)N1CC[C@H]2CN(c3ncnc4sc(CC(F)(F)F)cc34)C[C@H]2C1. The fourth-order valence-electron chi connectivity index (χ4n) is 8.53. The monoisotopic (exact) mass is 884 g/mol. The molecular formula is C40H50F6N8O4S2. The van der Waals surface area contributed by atoms with Gasteiger partial charge in [-0.15, -0.1) is 22.7 Å². The van der Waals surface area contributed by atoms with E-state index in [1.54, 1.807) is 21.9 Å². The molecule has 0 bridgehead atoms. The number of carbonyl (C=O) groups is 2. The van der Waals surface area contributed by atoms with Crippen LogP contribution in [-0.4, -0.2) is 118 Å². The Morgan fingerprint density at radius 3 is 1.32 bits per heavy atom. The van der Waals surface area contributed by atoms with E-state index in [4.69, 9.17) is 9.47 Å². The van der Waals surface area contributed by atoms with Crippen LogP contribution in [0.1, 0.15) is 64.1 Å². The number of amides is 2. The van der Waals surface area contributed by atoms with Crippen LogP contribution in [0, 0.1) is 23.7 Å². The molecule has 2 amide bonds. The number of hydrogen-bond donors (Lipinski definition) is 0. The highest BCUT2D eigenvalue weighted by molar-refractivity contribution is 7.19. The minimum Gasteiger partial charge on any atom is -0.444 e. The number of rotatable bonds is 4. The Morgan fingerprint density at radius 1 is 0.600 bits per heavy atom. The summed E-state index contributed by atoms with van der Waals surface area (Å²) in [5, 5.41) is 1.34. The van der Waals surface area contributed by atoms with Crippen LogP contribution in [0.2, 0.25) is 0 Å². The number of thiophene rings is 2. The molecule has 0 unspecified atom stereocenters. The lowest BCUT2D eigenvalue weighted by molar-refractivity contribution is -0.127. The van der Waals surface area contributed by atoms with E-state index >= 15 is 0 Å². The molecule has 4 atom stereocenters. The van der Waals surface area contributed by atoms with Crippen molar-refractivity contribution in [2.45, 2.75) is 90.8 Å². The third-order valence-corrected chi connectivity index (χ3v) is 13.1. The Bertz CT molecular complexity index is 2030. The van der Waals surface area contributed by atoms with Crippen LogP contribution < -0.4 is 9.80 Å². The minimum absolute atomic E-state index is 0.243. The molecule has 0 spiro atoms. The fourth-order valence-corrected chi connectivity index (χ4v) is 10.6. The van der Waals surface area contributed by atoms with Gasteiger partial charge >= 0.3 is 24.5 Å². The summed E-state index contributed by atoms with van der Waals surface area (Å²) in [4.78, 5) is 51.4. The number of aromatic nitrogens is 4. The number of fused-ring (bicyclic) bond motifs is 4. The molecule has 4 aromatic heterocycles. The van der Waals surface area contributed by atoms with Crippen molar-refractivity contribution in [3.05, 3.63) is 34.5 Å². The lowest BCUT2D eigenvalue weighted by atomic mass is 9.89. The molecule has 0 aliphatic carbocycles. The highest BCUT2D eigenvalue weighted by Crippen LogP contribution is 2.41. The summed E-state index contributed by atoms with van der Waals surface area (Å²) >= 11 is 2.13. The predicted molar refractivity (Wildman–Crippen MR) is 218 cm³/mol. The smallest absolute Gasteiger partial charge is 0.410 e. The largest absolute Gasteiger partial charge is 0.444 e. The van der Waals surface area contributed by atoms with Gasteiger partial charge in [0.15, 0.2) is 0 Å². The highest BCUT2D eigenvalue weighted by Gasteiger charge is 2.42. The number of nitrogens with zero attached hydrogens (tertiary/aromatic N) is 8. The van der Waals surface area contributed by atoms with Gasteiger partial charge in [-0.05, 0) is 90.2 Å². The van der Waals surface area contributed by atoms with Gasteiger partial charge in [0.25, 0.3) is 0 Å². The van der Waals surface area contributed by atoms with Gasteiger partial charge in [-0.25, -0.2) is 29.5 Å². The van der Waals surface area contributed by atoms with Crippen molar-refractivity contribution >= 4 is 66.9 Å². The molecule has 0 aromatic carbocycles. The van der Waals surface area contributed by atoms with E-state index in [0.717, 1.165) is 48.6 Å². The van der Waals surface area contributed by atoms with Crippen LogP contribution in [0.4, 0.5) is 47.6 Å². The van der Waals surface area contributed by atoms with E-state index in [9.17, 15) is 35.9 Å². The molecular weight excluding hydrogens is 835 g/mol. The Labute approximate surface area is 352 Å². The first-order chi connectivity index (χ1) is 28.0. The van der Waals surface area contributed by atoms with Crippen molar-refractivity contribution in [1.29, 1.82) is 0 Å². The molecule has 60 heavy (non-hydrogen) atoms. The van der Waals surface area contributed by atoms with Crippen molar-refractivity contribution in [3.63, 3.8) is 0 Å². The number of anilines is 2. The van der Waals surface area contributed by atoms with Crippen molar-refractivity contribution in [3.8, 4) is 0 Å². The zero-order valence-corrected chi connectivity index (χ0v) is 36.0. The van der Waals surface area contributed by atoms with Gasteiger partial charge < -0.3 is 29.1 Å². The summed E-state index contributed by atoms with van der Waals surface area (Å²) in [6.45, 7) is 16.6. The van der Waals surface area contributed by atoms with E-state index in [1.165, 1.54) is 12.7 Å². The lowest BCUT2D eigenvalue weighted by Gasteiger charge is -2.35. The number of hydrogen-bond acceptors (Lipinski definition) is 12. The topological polar surface area (TPSA) is 117 Å². The molecule has 4 aliphatic rings. The lowest BCUT2D eigenvalue weighted by Crippen LogP contribution is -2.45. The molecule has 4 aromatic rings. The van der Waals surface area contributed by atoms with Gasteiger partial charge in [-0.2, -0.15) is 26.3 Å². The maximum absolute atomic E-state index is 12.8. The quantitative estimate of drug-likeness (QED) is 0.184. The molecule has 20 heteroatoms. The Balaban J connectivity index is 0.000000181. The normalized spacial score (nSPS) is 22.5. The van der Waals surface area contributed by atoms with Gasteiger partial charge in [0.2, 0.25) is 0 Å². The van der Waals surface area contributed by atoms with E-state index < -0.39 is 36.4 Å². The number of ether oxygens (including phenoxy) is 2. The molecule has 4 saturated heterocycles. The number of halogens is 6. The zero-order valence-electron chi connectivity index (χ0n) is 34.4. The molecule has 0 saturated carbocycles. The third kappa shape index (κ3) is 10.8. The van der Waals surface area contributed by atoms with Crippen molar-refractivity contribution in [2.75, 3.05) is 62.2 Å². The molecule has 0 N–H and O–H groups in total. The van der Waals surface area contributed by atoms with Gasteiger partial charge in [0, 0.05) is 62.1 Å². The summed E-state index contributed by atoms with van der Waals surface area (Å²) in [6.07, 6.45) is -6.41. The van der Waals surface area contributed by atoms with Gasteiger partial charge in [0.1, 0.15) is 45.2 Å². The van der Waals surface area contributed by atoms with Crippen molar-refractivity contribution in [2.24, 2.45) is 23.7 Å². The average molecular weight is 885 g/mol.